The van der Waals surface area contributed by atoms with E-state index >= 15 is 0 Å². The van der Waals surface area contributed by atoms with Crippen molar-refractivity contribution in [2.24, 2.45) is 4.99 Å². The maximum atomic E-state index is 12.6. The van der Waals surface area contributed by atoms with E-state index in [9.17, 15) is 13.2 Å². The fourth-order valence-electron chi connectivity index (χ4n) is 3.46. The molecule has 0 radical (unpaired) electrons. The zero-order valence-corrected chi connectivity index (χ0v) is 17.2. The van der Waals surface area contributed by atoms with Gasteiger partial charge in [-0.05, 0) is 61.1 Å². The number of aliphatic imine (C=N–C) groups is 1. The summed E-state index contributed by atoms with van der Waals surface area (Å²) in [7, 11) is 1.69. The Balaban J connectivity index is 1.46. The second-order valence-electron chi connectivity index (χ2n) is 7.37. The first-order valence-electron chi connectivity index (χ1n) is 10.3. The molecule has 1 aromatic carbocycles. The third-order valence-corrected chi connectivity index (χ3v) is 5.16. The molecule has 2 heterocycles. The van der Waals surface area contributed by atoms with Crippen molar-refractivity contribution in [3.05, 3.63) is 59.3 Å². The molecule has 8 heteroatoms. The van der Waals surface area contributed by atoms with Gasteiger partial charge in [0.2, 0.25) is 0 Å². The minimum absolute atomic E-state index is 0.570. The van der Waals surface area contributed by atoms with Gasteiger partial charge in [-0.3, -0.25) is 4.99 Å². The second-order valence-corrected chi connectivity index (χ2v) is 7.37. The number of anilines is 1. The highest BCUT2D eigenvalue weighted by molar-refractivity contribution is 5.79. The Hall–Kier alpha value is -2.77. The van der Waals surface area contributed by atoms with Crippen LogP contribution in [0.5, 0.6) is 0 Å². The molecule has 30 heavy (non-hydrogen) atoms. The minimum Gasteiger partial charge on any atom is -0.357 e. The number of nitrogens with zero attached hydrogens (tertiary/aromatic N) is 3. The van der Waals surface area contributed by atoms with Gasteiger partial charge < -0.3 is 15.5 Å². The number of pyridine rings is 1. The van der Waals surface area contributed by atoms with Crippen LogP contribution in [-0.2, 0) is 19.1 Å². The summed E-state index contributed by atoms with van der Waals surface area (Å²) in [5.74, 6) is 1.66. The lowest BCUT2D eigenvalue weighted by molar-refractivity contribution is -0.137. The fourth-order valence-corrected chi connectivity index (χ4v) is 3.46. The predicted molar refractivity (Wildman–Crippen MR) is 114 cm³/mol. The summed E-state index contributed by atoms with van der Waals surface area (Å²) in [6.45, 7) is 3.29. The Kier molecular flexibility index (Phi) is 7.54. The molecule has 1 saturated heterocycles. The van der Waals surface area contributed by atoms with Gasteiger partial charge in [-0.25, -0.2) is 4.98 Å². The zero-order chi connectivity index (χ0) is 21.4. The third kappa shape index (κ3) is 6.37. The Labute approximate surface area is 175 Å². The van der Waals surface area contributed by atoms with Gasteiger partial charge in [0.15, 0.2) is 5.96 Å². The van der Waals surface area contributed by atoms with Crippen molar-refractivity contribution in [1.82, 2.24) is 15.6 Å². The predicted octanol–water partition coefficient (Wildman–Crippen LogP) is 4.00. The highest BCUT2D eigenvalue weighted by Crippen LogP contribution is 2.29. The maximum Gasteiger partial charge on any atom is 0.416 e. The fraction of sp³-hybridized carbons (Fsp3) is 0.455. The maximum absolute atomic E-state index is 12.6. The molecule has 2 N–H and O–H groups in total. The molecule has 0 saturated carbocycles. The molecular formula is C22H28F3N5. The number of rotatable bonds is 6. The third-order valence-electron chi connectivity index (χ3n) is 5.16. The lowest BCUT2D eigenvalue weighted by atomic mass is 10.1. The summed E-state index contributed by atoms with van der Waals surface area (Å²) >= 11 is 0. The van der Waals surface area contributed by atoms with Crippen molar-refractivity contribution in [3.63, 3.8) is 0 Å². The van der Waals surface area contributed by atoms with E-state index in [4.69, 9.17) is 0 Å². The van der Waals surface area contributed by atoms with Crippen LogP contribution in [0.1, 0.15) is 36.0 Å². The van der Waals surface area contributed by atoms with Crippen molar-refractivity contribution < 1.29 is 13.2 Å². The summed E-state index contributed by atoms with van der Waals surface area (Å²) in [5.41, 5.74) is 1.33. The van der Waals surface area contributed by atoms with Gasteiger partial charge in [-0.2, -0.15) is 13.2 Å². The Bertz CT molecular complexity index is 827. The number of alkyl halides is 3. The number of benzene rings is 1. The van der Waals surface area contributed by atoms with E-state index in [1.165, 1.54) is 31.4 Å². The van der Waals surface area contributed by atoms with Crippen LogP contribution in [0.2, 0.25) is 0 Å². The van der Waals surface area contributed by atoms with Crippen molar-refractivity contribution in [3.8, 4) is 0 Å². The second kappa shape index (κ2) is 10.3. The van der Waals surface area contributed by atoms with Crippen molar-refractivity contribution in [1.29, 1.82) is 0 Å². The van der Waals surface area contributed by atoms with E-state index in [0.717, 1.165) is 42.2 Å². The van der Waals surface area contributed by atoms with E-state index in [2.05, 4.69) is 31.6 Å². The van der Waals surface area contributed by atoms with Gasteiger partial charge in [0.05, 0.1) is 5.56 Å². The van der Waals surface area contributed by atoms with E-state index in [-0.39, 0.29) is 0 Å². The standard InChI is InChI=1S/C22H28F3N5/c1-26-21(28-12-9-17-5-7-19(8-6-17)22(23,24)25)29-16-18-10-11-27-20(15-18)30-13-3-2-4-14-30/h5-8,10-11,15H,2-4,9,12-14,16H2,1H3,(H2,26,28,29). The monoisotopic (exact) mass is 419 g/mol. The Morgan fingerprint density at radius 2 is 1.77 bits per heavy atom. The van der Waals surface area contributed by atoms with Gasteiger partial charge in [-0.1, -0.05) is 12.1 Å². The number of aromatic nitrogens is 1. The molecular weight excluding hydrogens is 391 g/mol. The van der Waals surface area contributed by atoms with E-state index in [0.29, 0.717) is 25.5 Å². The van der Waals surface area contributed by atoms with E-state index in [1.807, 2.05) is 12.3 Å². The number of guanidine groups is 1. The van der Waals surface area contributed by atoms with Crippen LogP contribution in [0.25, 0.3) is 0 Å². The number of hydrogen-bond acceptors (Lipinski definition) is 3. The normalized spacial score (nSPS) is 15.2. The lowest BCUT2D eigenvalue weighted by Gasteiger charge is -2.28. The molecule has 0 bridgehead atoms. The number of halogens is 3. The van der Waals surface area contributed by atoms with Gasteiger partial charge >= 0.3 is 6.18 Å². The first kappa shape index (κ1) is 21.9. The Morgan fingerprint density at radius 3 is 2.43 bits per heavy atom. The van der Waals surface area contributed by atoms with Gasteiger partial charge in [-0.15, -0.1) is 0 Å². The quantitative estimate of drug-likeness (QED) is 0.549. The molecule has 0 atom stereocenters. The van der Waals surface area contributed by atoms with E-state index < -0.39 is 11.7 Å². The largest absolute Gasteiger partial charge is 0.416 e. The number of hydrogen-bond donors (Lipinski definition) is 2. The Morgan fingerprint density at radius 1 is 1.03 bits per heavy atom. The van der Waals surface area contributed by atoms with E-state index in [1.54, 1.807) is 7.05 Å². The molecule has 1 aliphatic rings. The first-order chi connectivity index (χ1) is 14.5. The van der Waals surface area contributed by atoms with Crippen LogP contribution in [0.15, 0.2) is 47.6 Å². The van der Waals surface area contributed by atoms with Crippen LogP contribution < -0.4 is 15.5 Å². The summed E-state index contributed by atoms with van der Waals surface area (Å²) in [4.78, 5) is 11.0. The molecule has 3 rings (SSSR count). The molecule has 1 fully saturated rings. The molecule has 0 amide bonds. The average molecular weight is 419 g/mol. The summed E-state index contributed by atoms with van der Waals surface area (Å²) < 4.78 is 37.9. The van der Waals surface area contributed by atoms with Crippen molar-refractivity contribution in [2.45, 2.75) is 38.4 Å². The molecule has 5 nitrogen and oxygen atoms in total. The van der Waals surface area contributed by atoms with Gasteiger partial charge in [0, 0.05) is 39.4 Å². The van der Waals surface area contributed by atoms with Gasteiger partial charge in [0.1, 0.15) is 5.82 Å². The highest BCUT2D eigenvalue weighted by Gasteiger charge is 2.29. The first-order valence-corrected chi connectivity index (χ1v) is 10.3. The minimum atomic E-state index is -4.30. The zero-order valence-electron chi connectivity index (χ0n) is 17.2. The summed E-state index contributed by atoms with van der Waals surface area (Å²) in [5, 5.41) is 6.48. The van der Waals surface area contributed by atoms with Gasteiger partial charge in [0.25, 0.3) is 0 Å². The molecule has 162 valence electrons. The molecule has 0 aliphatic carbocycles. The van der Waals surface area contributed by atoms with Crippen LogP contribution >= 0.6 is 0 Å². The average Bonchev–Trinajstić information content (AvgIpc) is 2.76. The van der Waals surface area contributed by atoms with Crippen LogP contribution in [0, 0.1) is 0 Å². The molecule has 2 aromatic rings. The van der Waals surface area contributed by atoms with Crippen LogP contribution in [0.4, 0.5) is 19.0 Å². The smallest absolute Gasteiger partial charge is 0.357 e. The molecule has 1 aliphatic heterocycles. The number of nitrogens with one attached hydrogen (secondary N) is 2. The summed E-state index contributed by atoms with van der Waals surface area (Å²) in [6.07, 6.45) is 1.84. The highest BCUT2D eigenvalue weighted by atomic mass is 19.4. The summed E-state index contributed by atoms with van der Waals surface area (Å²) in [6, 6.07) is 9.35. The molecule has 1 aromatic heterocycles. The molecule has 0 unspecified atom stereocenters. The molecule has 0 spiro atoms. The number of piperidine rings is 1. The SMILES string of the molecule is CN=C(NCCc1ccc(C(F)(F)F)cc1)NCc1ccnc(N2CCCCC2)c1. The topological polar surface area (TPSA) is 52.6 Å². The van der Waals surface area contributed by atoms with Crippen LogP contribution in [-0.4, -0.2) is 37.6 Å². The lowest BCUT2D eigenvalue weighted by Crippen LogP contribution is -2.38. The van der Waals surface area contributed by atoms with Crippen LogP contribution in [0.3, 0.4) is 0 Å². The van der Waals surface area contributed by atoms with Crippen molar-refractivity contribution in [2.75, 3.05) is 31.6 Å². The van der Waals surface area contributed by atoms with Crippen molar-refractivity contribution >= 4 is 11.8 Å².